The highest BCUT2D eigenvalue weighted by atomic mass is 19.1. The first-order chi connectivity index (χ1) is 19.8. The molecule has 3 aromatic carbocycles. The van der Waals surface area contributed by atoms with Gasteiger partial charge in [-0.1, -0.05) is 72.8 Å². The lowest BCUT2D eigenvalue weighted by Gasteiger charge is -2.55. The van der Waals surface area contributed by atoms with E-state index in [-0.39, 0.29) is 43.2 Å². The van der Waals surface area contributed by atoms with Crippen LogP contribution in [0.25, 0.3) is 0 Å². The van der Waals surface area contributed by atoms with Crippen molar-refractivity contribution >= 4 is 17.9 Å². The van der Waals surface area contributed by atoms with Gasteiger partial charge in [0, 0.05) is 39.1 Å². The Labute approximate surface area is 238 Å². The van der Waals surface area contributed by atoms with Gasteiger partial charge in [-0.3, -0.25) is 14.5 Å². The number of carboxylic acid groups (broad SMARTS) is 1. The number of likely N-dealkylation sites (N-methyl/N-ethyl adjacent to an activating group) is 1. The zero-order chi connectivity index (χ0) is 28.9. The molecule has 3 amide bonds. The number of urea groups is 1. The summed E-state index contributed by atoms with van der Waals surface area (Å²) in [5, 5.41) is 16.0. The number of halogens is 1. The number of hydrogen-bond donors (Lipinski definition) is 2. The van der Waals surface area contributed by atoms with Crippen LogP contribution in [-0.4, -0.2) is 88.3 Å². The number of benzene rings is 3. The molecule has 2 heterocycles. The standard InChI is InChI=1S/C31H34FN5O4/c1-34-16-17-36-27(18-29(38)39)30(40)35(20-26(23-8-4-2-5-9-23)24-10-6-3-7-11-24)21-28(36)37(34)31(41)33-19-22-12-14-25(32)15-13-22/h2-15,26-28H,16-21H2,1H3,(H,33,41)(H,38,39)/t27-,28-/m0/s1. The summed E-state index contributed by atoms with van der Waals surface area (Å²) in [6, 6.07) is 24.4. The SMILES string of the molecule is CN1CCN2[C@@H](CC(=O)O)C(=O)N(CC(c3ccccc3)c3ccccc3)C[C@@H]2N1C(=O)NCc1ccc(F)cc1. The quantitative estimate of drug-likeness (QED) is 0.440. The average molecular weight is 560 g/mol. The van der Waals surface area contributed by atoms with Crippen molar-refractivity contribution in [3.05, 3.63) is 107 Å². The van der Waals surface area contributed by atoms with E-state index in [4.69, 9.17) is 0 Å². The van der Waals surface area contributed by atoms with E-state index in [1.54, 1.807) is 34.1 Å². The number of fused-ring (bicyclic) bond motifs is 1. The van der Waals surface area contributed by atoms with Gasteiger partial charge >= 0.3 is 12.0 Å². The Balaban J connectivity index is 1.43. The van der Waals surface area contributed by atoms with Crippen LogP contribution in [0.4, 0.5) is 9.18 Å². The van der Waals surface area contributed by atoms with E-state index in [0.717, 1.165) is 16.7 Å². The van der Waals surface area contributed by atoms with Gasteiger partial charge in [0.15, 0.2) is 0 Å². The molecule has 3 aromatic rings. The molecule has 0 spiro atoms. The van der Waals surface area contributed by atoms with Crippen molar-refractivity contribution in [2.75, 3.05) is 33.2 Å². The Morgan fingerprint density at radius 3 is 2.15 bits per heavy atom. The molecular weight excluding hydrogens is 525 g/mol. The fraction of sp³-hybridized carbons (Fsp3) is 0.323. The summed E-state index contributed by atoms with van der Waals surface area (Å²) in [5.74, 6) is -1.82. The molecule has 9 nitrogen and oxygen atoms in total. The van der Waals surface area contributed by atoms with Crippen molar-refractivity contribution < 1.29 is 23.9 Å². The Bertz CT molecular complexity index is 1320. The van der Waals surface area contributed by atoms with Crippen LogP contribution < -0.4 is 5.32 Å². The minimum absolute atomic E-state index is 0.138. The van der Waals surface area contributed by atoms with Crippen LogP contribution in [0.15, 0.2) is 84.9 Å². The van der Waals surface area contributed by atoms with Crippen LogP contribution in [0, 0.1) is 5.82 Å². The molecule has 0 radical (unpaired) electrons. The number of hydrazine groups is 1. The molecule has 2 atom stereocenters. The first-order valence-corrected chi connectivity index (χ1v) is 13.7. The number of amides is 3. The van der Waals surface area contributed by atoms with Crippen LogP contribution in [0.3, 0.4) is 0 Å². The second kappa shape index (κ2) is 12.5. The van der Waals surface area contributed by atoms with Crippen LogP contribution in [0.2, 0.25) is 0 Å². The third kappa shape index (κ3) is 6.39. The van der Waals surface area contributed by atoms with E-state index >= 15 is 0 Å². The Morgan fingerprint density at radius 1 is 0.951 bits per heavy atom. The van der Waals surface area contributed by atoms with Crippen LogP contribution in [0.5, 0.6) is 0 Å². The normalized spacial score (nSPS) is 19.7. The van der Waals surface area contributed by atoms with E-state index in [1.807, 2.05) is 65.6 Å². The lowest BCUT2D eigenvalue weighted by atomic mass is 9.90. The number of hydrogen-bond acceptors (Lipinski definition) is 5. The third-order valence-corrected chi connectivity index (χ3v) is 7.84. The summed E-state index contributed by atoms with van der Waals surface area (Å²) in [6.07, 6.45) is -0.918. The molecule has 2 aliphatic rings. The van der Waals surface area contributed by atoms with Crippen LogP contribution in [-0.2, 0) is 16.1 Å². The number of piperazine rings is 1. The van der Waals surface area contributed by atoms with Gasteiger partial charge in [-0.2, -0.15) is 0 Å². The predicted molar refractivity (Wildman–Crippen MR) is 151 cm³/mol. The van der Waals surface area contributed by atoms with E-state index < -0.39 is 18.2 Å². The Hall–Kier alpha value is -4.28. The molecule has 0 saturated carbocycles. The van der Waals surface area contributed by atoms with Crippen LogP contribution >= 0.6 is 0 Å². The maximum absolute atomic E-state index is 13.9. The first-order valence-electron chi connectivity index (χ1n) is 13.7. The predicted octanol–water partition coefficient (Wildman–Crippen LogP) is 3.34. The summed E-state index contributed by atoms with van der Waals surface area (Å²) >= 11 is 0. The molecule has 2 N–H and O–H groups in total. The second-order valence-electron chi connectivity index (χ2n) is 10.5. The molecule has 10 heteroatoms. The first kappa shape index (κ1) is 28.3. The molecule has 41 heavy (non-hydrogen) atoms. The van der Waals surface area contributed by atoms with Crippen LogP contribution in [0.1, 0.15) is 29.0 Å². The summed E-state index contributed by atoms with van der Waals surface area (Å²) in [6.45, 7) is 1.64. The number of nitrogens with one attached hydrogen (secondary N) is 1. The number of carbonyl (C=O) groups is 3. The molecular formula is C31H34FN5O4. The van der Waals surface area contributed by atoms with Gasteiger partial charge in [-0.25, -0.2) is 19.2 Å². The molecule has 2 aliphatic heterocycles. The summed E-state index contributed by atoms with van der Waals surface area (Å²) in [7, 11) is 1.80. The van der Waals surface area contributed by atoms with Gasteiger partial charge in [0.1, 0.15) is 18.0 Å². The van der Waals surface area contributed by atoms with Gasteiger partial charge in [-0.15, -0.1) is 0 Å². The summed E-state index contributed by atoms with van der Waals surface area (Å²) in [4.78, 5) is 42.8. The lowest BCUT2D eigenvalue weighted by molar-refractivity contribution is -0.177. The van der Waals surface area contributed by atoms with E-state index in [0.29, 0.717) is 19.6 Å². The minimum Gasteiger partial charge on any atom is -0.481 e. The fourth-order valence-electron chi connectivity index (χ4n) is 5.75. The maximum atomic E-state index is 13.9. The monoisotopic (exact) mass is 559 g/mol. The number of rotatable bonds is 8. The van der Waals surface area contributed by atoms with Crippen molar-refractivity contribution in [3.63, 3.8) is 0 Å². The van der Waals surface area contributed by atoms with Crippen molar-refractivity contribution in [3.8, 4) is 0 Å². The van der Waals surface area contributed by atoms with Crippen molar-refractivity contribution in [1.29, 1.82) is 0 Å². The number of carbonyl (C=O) groups excluding carboxylic acids is 2. The van der Waals surface area contributed by atoms with Gasteiger partial charge in [-0.05, 0) is 28.8 Å². The fourth-order valence-corrected chi connectivity index (χ4v) is 5.75. The number of carboxylic acids is 1. The molecule has 0 unspecified atom stereocenters. The largest absolute Gasteiger partial charge is 0.481 e. The van der Waals surface area contributed by atoms with Gasteiger partial charge in [0.25, 0.3) is 0 Å². The Kier molecular flexibility index (Phi) is 8.61. The van der Waals surface area contributed by atoms with Crippen molar-refractivity contribution in [2.45, 2.75) is 31.1 Å². The molecule has 214 valence electrons. The van der Waals surface area contributed by atoms with Gasteiger partial charge in [0.05, 0.1) is 13.0 Å². The van der Waals surface area contributed by atoms with E-state index in [2.05, 4.69) is 5.32 Å². The highest BCUT2D eigenvalue weighted by Gasteiger charge is 2.48. The third-order valence-electron chi connectivity index (χ3n) is 7.84. The zero-order valence-corrected chi connectivity index (χ0v) is 22.9. The highest BCUT2D eigenvalue weighted by molar-refractivity contribution is 5.87. The van der Waals surface area contributed by atoms with Crippen molar-refractivity contribution in [1.82, 2.24) is 25.1 Å². The maximum Gasteiger partial charge on any atom is 0.333 e. The Morgan fingerprint density at radius 2 is 1.56 bits per heavy atom. The highest BCUT2D eigenvalue weighted by Crippen LogP contribution is 2.31. The molecule has 0 aromatic heterocycles. The van der Waals surface area contributed by atoms with Crippen molar-refractivity contribution in [2.24, 2.45) is 0 Å². The second-order valence-corrected chi connectivity index (χ2v) is 10.5. The lowest BCUT2D eigenvalue weighted by Crippen LogP contribution is -2.74. The smallest absolute Gasteiger partial charge is 0.333 e. The summed E-state index contributed by atoms with van der Waals surface area (Å²) < 4.78 is 13.3. The van der Waals surface area contributed by atoms with E-state index in [1.165, 1.54) is 12.1 Å². The molecule has 2 saturated heterocycles. The minimum atomic E-state index is -1.07. The molecule has 5 rings (SSSR count). The van der Waals surface area contributed by atoms with Gasteiger partial charge in [0.2, 0.25) is 5.91 Å². The average Bonchev–Trinajstić information content (AvgIpc) is 2.98. The molecule has 2 fully saturated rings. The summed E-state index contributed by atoms with van der Waals surface area (Å²) in [5.41, 5.74) is 2.82. The van der Waals surface area contributed by atoms with E-state index in [9.17, 15) is 23.9 Å². The number of aliphatic carboxylic acids is 1. The number of nitrogens with zero attached hydrogens (tertiary/aromatic N) is 4. The zero-order valence-electron chi connectivity index (χ0n) is 22.9. The molecule has 0 bridgehead atoms. The molecule has 0 aliphatic carbocycles. The van der Waals surface area contributed by atoms with Gasteiger partial charge < -0.3 is 15.3 Å². The topological polar surface area (TPSA) is 96.4 Å².